The summed E-state index contributed by atoms with van der Waals surface area (Å²) in [6.45, 7) is -0.0839. The highest BCUT2D eigenvalue weighted by Crippen LogP contribution is 2.46. The van der Waals surface area contributed by atoms with E-state index in [2.05, 4.69) is 0 Å². The molecule has 2 rings (SSSR count). The zero-order valence-corrected chi connectivity index (χ0v) is 7.95. The standard InChI is InChI=1S/C10H12N2O2/c11-5-6-12-8(13)7-10(9(12)14)3-1-2-4-10/h1-4,6-7H2. The van der Waals surface area contributed by atoms with Gasteiger partial charge in [0.2, 0.25) is 11.8 Å². The number of nitrogens with zero attached hydrogens (tertiary/aromatic N) is 2. The molecule has 1 aliphatic heterocycles. The molecule has 2 amide bonds. The van der Waals surface area contributed by atoms with E-state index in [1.165, 1.54) is 0 Å². The van der Waals surface area contributed by atoms with Crippen LogP contribution in [0.5, 0.6) is 0 Å². The Hall–Kier alpha value is -1.37. The molecule has 4 heteroatoms. The third-order valence-corrected chi connectivity index (χ3v) is 3.28. The van der Waals surface area contributed by atoms with Gasteiger partial charge in [0, 0.05) is 6.42 Å². The lowest BCUT2D eigenvalue weighted by molar-refractivity contribution is -0.140. The monoisotopic (exact) mass is 192 g/mol. The lowest BCUT2D eigenvalue weighted by atomic mass is 9.84. The van der Waals surface area contributed by atoms with Gasteiger partial charge in [-0.25, -0.2) is 0 Å². The van der Waals surface area contributed by atoms with E-state index < -0.39 is 5.41 Å². The first-order valence-corrected chi connectivity index (χ1v) is 4.91. The Morgan fingerprint density at radius 2 is 2.00 bits per heavy atom. The van der Waals surface area contributed by atoms with Crippen LogP contribution < -0.4 is 0 Å². The summed E-state index contributed by atoms with van der Waals surface area (Å²) in [6.07, 6.45) is 4.02. The Morgan fingerprint density at radius 1 is 1.36 bits per heavy atom. The predicted molar refractivity (Wildman–Crippen MR) is 47.9 cm³/mol. The molecular weight excluding hydrogens is 180 g/mol. The van der Waals surface area contributed by atoms with Gasteiger partial charge in [-0.3, -0.25) is 14.5 Å². The molecule has 0 bridgehead atoms. The van der Waals surface area contributed by atoms with Crippen molar-refractivity contribution in [3.63, 3.8) is 0 Å². The average Bonchev–Trinajstić information content (AvgIpc) is 2.69. The van der Waals surface area contributed by atoms with Crippen LogP contribution in [-0.2, 0) is 9.59 Å². The molecule has 0 aromatic carbocycles. The maximum absolute atomic E-state index is 11.9. The normalized spacial score (nSPS) is 24.6. The van der Waals surface area contributed by atoms with E-state index in [9.17, 15) is 9.59 Å². The molecule has 2 fully saturated rings. The lowest BCUT2D eigenvalue weighted by Crippen LogP contribution is -2.34. The Labute approximate surface area is 82.5 Å². The summed E-state index contributed by atoms with van der Waals surface area (Å²) in [4.78, 5) is 24.5. The summed E-state index contributed by atoms with van der Waals surface area (Å²) in [6, 6.07) is 1.86. The molecule has 1 spiro atoms. The van der Waals surface area contributed by atoms with E-state index in [1.807, 2.05) is 6.07 Å². The van der Waals surface area contributed by atoms with Crippen molar-refractivity contribution in [3.05, 3.63) is 0 Å². The van der Waals surface area contributed by atoms with Crippen LogP contribution in [0, 0.1) is 16.7 Å². The Balaban J connectivity index is 2.23. The zero-order valence-electron chi connectivity index (χ0n) is 7.95. The van der Waals surface area contributed by atoms with E-state index >= 15 is 0 Å². The van der Waals surface area contributed by atoms with Crippen LogP contribution in [0.1, 0.15) is 32.1 Å². The van der Waals surface area contributed by atoms with Crippen molar-refractivity contribution in [1.29, 1.82) is 5.26 Å². The largest absolute Gasteiger partial charge is 0.274 e. The number of amides is 2. The van der Waals surface area contributed by atoms with Gasteiger partial charge in [-0.05, 0) is 12.8 Å². The second-order valence-electron chi connectivity index (χ2n) is 4.11. The van der Waals surface area contributed by atoms with Crippen LogP contribution in [0.2, 0.25) is 0 Å². The molecule has 2 aliphatic rings. The van der Waals surface area contributed by atoms with Gasteiger partial charge in [-0.15, -0.1) is 0 Å². The molecule has 0 aromatic heterocycles. The summed E-state index contributed by atoms with van der Waals surface area (Å²) in [5.74, 6) is -0.278. The topological polar surface area (TPSA) is 61.2 Å². The third kappa shape index (κ3) is 1.12. The molecule has 1 aliphatic carbocycles. The minimum Gasteiger partial charge on any atom is -0.274 e. The van der Waals surface area contributed by atoms with Gasteiger partial charge < -0.3 is 0 Å². The van der Waals surface area contributed by atoms with Crippen molar-refractivity contribution in [2.45, 2.75) is 32.1 Å². The number of carbonyl (C=O) groups excluding carboxylic acids is 2. The van der Waals surface area contributed by atoms with Gasteiger partial charge in [0.1, 0.15) is 6.54 Å². The number of nitriles is 1. The zero-order chi connectivity index (χ0) is 10.2. The van der Waals surface area contributed by atoms with Crippen LogP contribution in [0.15, 0.2) is 0 Å². The number of hydrogen-bond acceptors (Lipinski definition) is 3. The van der Waals surface area contributed by atoms with Crippen molar-refractivity contribution >= 4 is 11.8 Å². The highest BCUT2D eigenvalue weighted by molar-refractivity contribution is 6.06. The first kappa shape index (κ1) is 9.20. The lowest BCUT2D eigenvalue weighted by Gasteiger charge is -2.19. The van der Waals surface area contributed by atoms with Crippen LogP contribution in [-0.4, -0.2) is 23.3 Å². The molecule has 0 N–H and O–H groups in total. The van der Waals surface area contributed by atoms with Crippen molar-refractivity contribution in [1.82, 2.24) is 4.90 Å². The highest BCUT2D eigenvalue weighted by Gasteiger charge is 2.52. The smallest absolute Gasteiger partial charge is 0.236 e. The summed E-state index contributed by atoms with van der Waals surface area (Å²) in [5.41, 5.74) is -0.423. The molecule has 0 atom stereocenters. The Bertz CT molecular complexity index is 324. The molecule has 0 aromatic rings. The van der Waals surface area contributed by atoms with E-state index in [4.69, 9.17) is 5.26 Å². The van der Waals surface area contributed by atoms with Crippen molar-refractivity contribution in [3.8, 4) is 6.07 Å². The van der Waals surface area contributed by atoms with E-state index in [0.29, 0.717) is 6.42 Å². The van der Waals surface area contributed by atoms with Gasteiger partial charge in [-0.2, -0.15) is 5.26 Å². The van der Waals surface area contributed by atoms with Crippen LogP contribution >= 0.6 is 0 Å². The van der Waals surface area contributed by atoms with Gasteiger partial charge >= 0.3 is 0 Å². The summed E-state index contributed by atoms with van der Waals surface area (Å²) in [7, 11) is 0. The molecule has 0 radical (unpaired) electrons. The second kappa shape index (κ2) is 3.09. The van der Waals surface area contributed by atoms with Crippen molar-refractivity contribution < 1.29 is 9.59 Å². The SMILES string of the molecule is N#CCN1C(=O)CC2(CCCC2)C1=O. The van der Waals surface area contributed by atoms with Crippen molar-refractivity contribution in [2.75, 3.05) is 6.54 Å². The molecule has 74 valence electrons. The highest BCUT2D eigenvalue weighted by atomic mass is 16.2. The average molecular weight is 192 g/mol. The summed E-state index contributed by atoms with van der Waals surface area (Å²) < 4.78 is 0. The van der Waals surface area contributed by atoms with Gasteiger partial charge in [0.25, 0.3) is 0 Å². The fourth-order valence-corrected chi connectivity index (χ4v) is 2.53. The summed E-state index contributed by atoms with van der Waals surface area (Å²) >= 11 is 0. The Morgan fingerprint density at radius 3 is 2.57 bits per heavy atom. The van der Waals surface area contributed by atoms with Gasteiger partial charge in [0.15, 0.2) is 0 Å². The first-order valence-electron chi connectivity index (χ1n) is 4.91. The molecule has 1 saturated heterocycles. The molecule has 14 heavy (non-hydrogen) atoms. The number of carbonyl (C=O) groups is 2. The number of imide groups is 1. The Kier molecular flexibility index (Phi) is 2.03. The summed E-state index contributed by atoms with van der Waals surface area (Å²) in [5, 5.41) is 8.50. The van der Waals surface area contributed by atoms with Gasteiger partial charge in [0.05, 0.1) is 11.5 Å². The molecule has 1 saturated carbocycles. The maximum atomic E-state index is 11.9. The maximum Gasteiger partial charge on any atom is 0.236 e. The van der Waals surface area contributed by atoms with E-state index in [0.717, 1.165) is 30.6 Å². The minimum atomic E-state index is -0.423. The first-order chi connectivity index (χ1) is 6.69. The minimum absolute atomic E-state index is 0.0839. The third-order valence-electron chi connectivity index (χ3n) is 3.28. The number of rotatable bonds is 1. The fourth-order valence-electron chi connectivity index (χ4n) is 2.53. The van der Waals surface area contributed by atoms with Crippen molar-refractivity contribution in [2.24, 2.45) is 5.41 Å². The van der Waals surface area contributed by atoms with Crippen LogP contribution in [0.25, 0.3) is 0 Å². The molecule has 4 nitrogen and oxygen atoms in total. The van der Waals surface area contributed by atoms with Crippen LogP contribution in [0.3, 0.4) is 0 Å². The number of hydrogen-bond donors (Lipinski definition) is 0. The molecular formula is C10H12N2O2. The van der Waals surface area contributed by atoms with E-state index in [1.54, 1.807) is 0 Å². The molecule has 0 unspecified atom stereocenters. The fraction of sp³-hybridized carbons (Fsp3) is 0.700. The molecule has 1 heterocycles. The predicted octanol–water partition coefficient (Wildman–Crippen LogP) is 0.829. The second-order valence-corrected chi connectivity index (χ2v) is 4.11. The van der Waals surface area contributed by atoms with Gasteiger partial charge in [-0.1, -0.05) is 12.8 Å². The quantitative estimate of drug-likeness (QED) is 0.456. The van der Waals surface area contributed by atoms with E-state index in [-0.39, 0.29) is 18.4 Å². The number of likely N-dealkylation sites (tertiary alicyclic amines) is 1. The van der Waals surface area contributed by atoms with Crippen LogP contribution in [0.4, 0.5) is 0 Å².